The molecule has 4 aromatic rings. The van der Waals surface area contributed by atoms with Gasteiger partial charge in [-0.1, -0.05) is 48.5 Å². The van der Waals surface area contributed by atoms with Gasteiger partial charge in [0.2, 0.25) is 0 Å². The number of nitroso groups, excluding NO2 is 2. The second kappa shape index (κ2) is 10.2. The summed E-state index contributed by atoms with van der Waals surface area (Å²) in [4.78, 5) is 26.1. The third-order valence-electron chi connectivity index (χ3n) is 3.20. The molecule has 0 amide bonds. The molecule has 0 aliphatic carbocycles. The fourth-order valence-electron chi connectivity index (χ4n) is 2.05. The summed E-state index contributed by atoms with van der Waals surface area (Å²) in [5.74, 6) is 0. The molecule has 0 N–H and O–H groups in total. The predicted molar refractivity (Wildman–Crippen MR) is 97.3 cm³/mol. The molecule has 2 aromatic heterocycles. The Morgan fingerprint density at radius 2 is 1.00 bits per heavy atom. The van der Waals surface area contributed by atoms with Crippen molar-refractivity contribution in [2.24, 2.45) is 7.47 Å². The molecule has 2 heterocycles. The summed E-state index contributed by atoms with van der Waals surface area (Å²) in [6, 6.07) is 24.2. The van der Waals surface area contributed by atoms with Crippen LogP contribution in [0.2, 0.25) is 0 Å². The summed E-state index contributed by atoms with van der Waals surface area (Å²) >= 11 is -6.13. The summed E-state index contributed by atoms with van der Waals surface area (Å²) in [6.45, 7) is 0. The van der Waals surface area contributed by atoms with Gasteiger partial charge in [0.05, 0.1) is 11.0 Å². The quantitative estimate of drug-likeness (QED) is 0.304. The van der Waals surface area contributed by atoms with E-state index in [4.69, 9.17) is 9.81 Å². The van der Waals surface area contributed by atoms with E-state index in [1.165, 1.54) is 18.2 Å². The van der Waals surface area contributed by atoms with E-state index in [1.54, 1.807) is 0 Å². The van der Waals surface area contributed by atoms with E-state index in [1.807, 2.05) is 60.9 Å². The first-order chi connectivity index (χ1) is 13.1. The average molecular weight is 540 g/mol. The Morgan fingerprint density at radius 1 is 0.630 bits per heavy atom. The SMILES string of the molecule is O=[N][W]([F])([F])[N]=O.c1ccc2ncccc2c1.c1ccc2ncccc2c1. The van der Waals surface area contributed by atoms with E-state index in [2.05, 4.69) is 34.2 Å². The number of halogens is 2. The maximum atomic E-state index is 11.1. The van der Waals surface area contributed by atoms with Crippen LogP contribution in [0.1, 0.15) is 0 Å². The molecular weight excluding hydrogens is 526 g/mol. The van der Waals surface area contributed by atoms with Crippen LogP contribution in [0.3, 0.4) is 0 Å². The van der Waals surface area contributed by atoms with E-state index in [0.717, 1.165) is 11.0 Å². The second-order valence-corrected chi connectivity index (χ2v) is 9.02. The number of hydrogen-bond acceptors (Lipinski definition) is 6. The number of rotatable bonds is 2. The maximum Gasteiger partial charge on any atom is 0.0701 e. The Balaban J connectivity index is 0.000000149. The molecule has 0 aliphatic rings. The van der Waals surface area contributed by atoms with Crippen molar-refractivity contribution in [3.05, 3.63) is 95.0 Å². The molecule has 2 aromatic carbocycles. The molecule has 4 rings (SSSR count). The predicted octanol–water partition coefficient (Wildman–Crippen LogP) is 5.74. The number of aromatic nitrogens is 2. The van der Waals surface area contributed by atoms with Crippen LogP contribution in [-0.4, -0.2) is 9.97 Å². The fourth-order valence-corrected chi connectivity index (χ4v) is 2.14. The first kappa shape index (κ1) is 20.3. The molecule has 9 heteroatoms. The zero-order valence-corrected chi connectivity index (χ0v) is 16.8. The molecule has 0 bridgehead atoms. The molecule has 0 aliphatic heterocycles. The standard InChI is InChI=1S/2C9H7N.2FH.2NO.W/c2*1-2-6-9-8(4-1)5-3-7-10-9;;;2*1-2;/h2*1-7H;2*1H;;;/q;;;;2*-1;+4/p-2. The van der Waals surface area contributed by atoms with Crippen LogP contribution in [0.5, 0.6) is 0 Å². The number of nitrogens with zero attached hydrogens (tertiary/aromatic N) is 4. The fraction of sp³-hybridized carbons (Fsp3) is 0. The topological polar surface area (TPSA) is 84.6 Å². The van der Waals surface area contributed by atoms with Crippen LogP contribution in [0.15, 0.2) is 92.7 Å². The van der Waals surface area contributed by atoms with Crippen molar-refractivity contribution < 1.29 is 23.9 Å². The largest absolute Gasteiger partial charge is 0.256 e. The molecular formula is C18H14F2N4O2W. The van der Waals surface area contributed by atoms with Crippen molar-refractivity contribution in [2.75, 3.05) is 0 Å². The van der Waals surface area contributed by atoms with E-state index in [0.29, 0.717) is 0 Å². The molecule has 6 nitrogen and oxygen atoms in total. The van der Waals surface area contributed by atoms with Gasteiger partial charge in [0.1, 0.15) is 0 Å². The minimum absolute atomic E-state index is 1.06. The van der Waals surface area contributed by atoms with Crippen molar-refractivity contribution >= 4 is 21.8 Å². The number of para-hydroxylation sites is 2. The van der Waals surface area contributed by atoms with Crippen LogP contribution in [-0.2, 0) is 17.6 Å². The third-order valence-corrected chi connectivity index (χ3v) is 4.49. The van der Waals surface area contributed by atoms with Gasteiger partial charge in [-0.3, -0.25) is 9.97 Å². The smallest absolute Gasteiger partial charge is 0.0701 e. The maximum absolute atomic E-state index is 11.1. The molecule has 0 radical (unpaired) electrons. The number of pyridine rings is 2. The van der Waals surface area contributed by atoms with Crippen LogP contribution in [0.4, 0.5) is 6.32 Å². The number of fused-ring (bicyclic) bond motifs is 2. The Kier molecular flexibility index (Phi) is 7.70. The van der Waals surface area contributed by atoms with Crippen molar-refractivity contribution in [3.8, 4) is 0 Å². The molecule has 27 heavy (non-hydrogen) atoms. The number of benzene rings is 2. The van der Waals surface area contributed by atoms with Gasteiger partial charge in [0.25, 0.3) is 0 Å². The summed E-state index contributed by atoms with van der Waals surface area (Å²) in [6.07, 6.45) is 3.62. The van der Waals surface area contributed by atoms with Crippen molar-refractivity contribution in [3.63, 3.8) is 0 Å². The Labute approximate surface area is 158 Å². The summed E-state index contributed by atoms with van der Waals surface area (Å²) < 4.78 is 24.8. The van der Waals surface area contributed by atoms with Gasteiger partial charge < -0.3 is 0 Å². The molecule has 0 atom stereocenters. The Morgan fingerprint density at radius 3 is 1.33 bits per heavy atom. The second-order valence-electron chi connectivity index (χ2n) is 4.96. The minimum Gasteiger partial charge on any atom is -0.256 e. The van der Waals surface area contributed by atoms with Gasteiger partial charge in [-0.25, -0.2) is 0 Å². The van der Waals surface area contributed by atoms with Crippen molar-refractivity contribution in [1.82, 2.24) is 9.97 Å². The van der Waals surface area contributed by atoms with Gasteiger partial charge >= 0.3 is 41.2 Å². The van der Waals surface area contributed by atoms with Crippen LogP contribution in [0, 0.1) is 9.81 Å². The Hall–Kier alpha value is -2.99. The van der Waals surface area contributed by atoms with Crippen LogP contribution < -0.4 is 0 Å². The summed E-state index contributed by atoms with van der Waals surface area (Å²) in [5, 5.41) is 2.40. The summed E-state index contributed by atoms with van der Waals surface area (Å²) in [7, 11) is 0. The normalized spacial score (nSPS) is 10.7. The molecule has 0 saturated heterocycles. The first-order valence-electron chi connectivity index (χ1n) is 7.57. The third kappa shape index (κ3) is 6.67. The van der Waals surface area contributed by atoms with Gasteiger partial charge in [0, 0.05) is 23.2 Å². The van der Waals surface area contributed by atoms with Gasteiger partial charge in [-0.2, -0.15) is 0 Å². The van der Waals surface area contributed by atoms with Crippen molar-refractivity contribution in [2.45, 2.75) is 0 Å². The van der Waals surface area contributed by atoms with E-state index in [-0.39, 0.29) is 0 Å². The van der Waals surface area contributed by atoms with Crippen molar-refractivity contribution in [1.29, 1.82) is 0 Å². The molecule has 0 fully saturated rings. The average Bonchev–Trinajstić information content (AvgIpc) is 2.75. The zero-order valence-electron chi connectivity index (χ0n) is 13.9. The monoisotopic (exact) mass is 540 g/mol. The van der Waals surface area contributed by atoms with E-state index >= 15 is 0 Å². The van der Waals surface area contributed by atoms with Crippen LogP contribution >= 0.6 is 0 Å². The Bertz CT molecular complexity index is 822. The molecule has 0 saturated carbocycles. The molecule has 138 valence electrons. The summed E-state index contributed by atoms with van der Waals surface area (Å²) in [5.41, 5.74) is 2.12. The van der Waals surface area contributed by atoms with E-state index in [9.17, 15) is 6.32 Å². The number of hydrogen-bond donors (Lipinski definition) is 0. The minimum atomic E-state index is -6.13. The zero-order chi connectivity index (χ0) is 19.5. The first-order valence-corrected chi connectivity index (χ1v) is 12.4. The van der Waals surface area contributed by atoms with Crippen LogP contribution in [0.25, 0.3) is 21.8 Å². The van der Waals surface area contributed by atoms with Gasteiger partial charge in [-0.15, -0.1) is 0 Å². The van der Waals surface area contributed by atoms with E-state index < -0.39 is 17.6 Å². The molecule has 0 unspecified atom stereocenters. The van der Waals surface area contributed by atoms with Gasteiger partial charge in [-0.05, 0) is 24.3 Å². The van der Waals surface area contributed by atoms with Gasteiger partial charge in [0.15, 0.2) is 0 Å². The molecule has 0 spiro atoms.